The van der Waals surface area contributed by atoms with Gasteiger partial charge in [0.1, 0.15) is 25.5 Å². The van der Waals surface area contributed by atoms with E-state index in [0.717, 1.165) is 0 Å². The van der Waals surface area contributed by atoms with E-state index in [1.54, 1.807) is 49.3 Å². The number of benzene rings is 1. The highest BCUT2D eigenvalue weighted by Crippen LogP contribution is 2.24. The number of ether oxygens (including phenoxy) is 1. The predicted octanol–water partition coefficient (Wildman–Crippen LogP) is 1.10. The number of anilines is 1. The number of hydrogen-bond acceptors (Lipinski definition) is 5. The second-order valence-electron chi connectivity index (χ2n) is 4.65. The lowest BCUT2D eigenvalue weighted by Gasteiger charge is -2.14. The van der Waals surface area contributed by atoms with E-state index in [0.29, 0.717) is 34.0 Å². The van der Waals surface area contributed by atoms with Crippen LogP contribution in [0, 0.1) is 11.3 Å². The van der Waals surface area contributed by atoms with E-state index in [1.165, 1.54) is 0 Å². The second-order valence-corrected chi connectivity index (χ2v) is 4.65. The number of nitrogens with zero attached hydrogens (tertiary/aromatic N) is 3. The van der Waals surface area contributed by atoms with Gasteiger partial charge in [-0.2, -0.15) is 10.2 Å². The van der Waals surface area contributed by atoms with Crippen molar-refractivity contribution < 1.29 is 9.84 Å². The Balaban J connectivity index is 2.32. The van der Waals surface area contributed by atoms with Crippen molar-refractivity contribution in [1.82, 2.24) is 4.98 Å². The van der Waals surface area contributed by atoms with Crippen LogP contribution in [0.5, 0.6) is 11.6 Å². The molecule has 104 valence electrons. The summed E-state index contributed by atoms with van der Waals surface area (Å²) < 4.78 is 5.65. The third kappa shape index (κ3) is 3.33. The molecule has 2 aromatic rings. The number of rotatable bonds is 4. The van der Waals surface area contributed by atoms with Crippen molar-refractivity contribution in [2.24, 2.45) is 0 Å². The van der Waals surface area contributed by atoms with Gasteiger partial charge < -0.3 is 14.7 Å². The first-order valence-electron chi connectivity index (χ1n) is 6.30. The minimum atomic E-state index is -0.160. The number of nitriles is 1. The van der Waals surface area contributed by atoms with Crippen LogP contribution in [0.15, 0.2) is 30.3 Å². The van der Waals surface area contributed by atoms with Gasteiger partial charge in [-0.25, -0.2) is 0 Å². The van der Waals surface area contributed by atoms with Crippen molar-refractivity contribution in [3.05, 3.63) is 41.5 Å². The molecule has 21 heavy (non-hydrogen) atoms. The highest BCUT2D eigenvalue weighted by Gasteiger charge is 2.09. The molecule has 0 aliphatic heterocycles. The van der Waals surface area contributed by atoms with Gasteiger partial charge in [0.05, 0.1) is 12.2 Å². The van der Waals surface area contributed by atoms with Crippen LogP contribution >= 0.6 is 0 Å². The first-order valence-corrected chi connectivity index (χ1v) is 6.30. The third-order valence-electron chi connectivity index (χ3n) is 2.90. The molecular formula is C15H14BN3O2. The second kappa shape index (κ2) is 6.29. The molecule has 2 radical (unpaired) electrons. The Morgan fingerprint density at radius 3 is 2.71 bits per heavy atom. The Morgan fingerprint density at radius 1 is 1.33 bits per heavy atom. The Morgan fingerprint density at radius 2 is 2.10 bits per heavy atom. The van der Waals surface area contributed by atoms with Gasteiger partial charge in [-0.3, -0.25) is 0 Å². The van der Waals surface area contributed by atoms with Crippen LogP contribution in [0.4, 0.5) is 5.82 Å². The summed E-state index contributed by atoms with van der Waals surface area (Å²) in [6.07, 6.45) is 0. The Bertz CT molecular complexity index is 696. The molecule has 0 saturated heterocycles. The molecule has 0 aliphatic carbocycles. The highest BCUT2D eigenvalue weighted by atomic mass is 16.5. The molecule has 1 N–H and O–H groups in total. The molecule has 2 rings (SSSR count). The number of pyridine rings is 1. The van der Waals surface area contributed by atoms with Crippen LogP contribution in [0.25, 0.3) is 0 Å². The molecule has 0 fully saturated rings. The Labute approximate surface area is 124 Å². The van der Waals surface area contributed by atoms with Gasteiger partial charge >= 0.3 is 0 Å². The van der Waals surface area contributed by atoms with Crippen molar-refractivity contribution in [2.45, 2.75) is 6.61 Å². The normalized spacial score (nSPS) is 10.0. The lowest BCUT2D eigenvalue weighted by Crippen LogP contribution is -2.13. The van der Waals surface area contributed by atoms with Gasteiger partial charge in [-0.05, 0) is 23.8 Å². The number of aromatic nitrogens is 1. The number of aliphatic hydroxyl groups is 1. The summed E-state index contributed by atoms with van der Waals surface area (Å²) in [5.74, 6) is 1.43. The fraction of sp³-hybridized carbons (Fsp3) is 0.200. The average Bonchev–Trinajstić information content (AvgIpc) is 2.49. The minimum Gasteiger partial charge on any atom is -0.439 e. The van der Waals surface area contributed by atoms with Gasteiger partial charge in [0.2, 0.25) is 5.88 Å². The minimum absolute atomic E-state index is 0.160. The lowest BCUT2D eigenvalue weighted by molar-refractivity contribution is 0.282. The first-order chi connectivity index (χ1) is 10.0. The standard InChI is InChI=1S/C15H14BN3O2/c1-19(2)15-10(8-17)3-6-14(18-15)21-12-4-5-13(16)11(7-12)9-20/h3-7,20H,9H2,1-2H3. The third-order valence-corrected chi connectivity index (χ3v) is 2.90. The SMILES string of the molecule is [B]c1ccc(Oc2ccc(C#N)c(N(C)C)n2)cc1CO. The maximum absolute atomic E-state index is 9.20. The van der Waals surface area contributed by atoms with Gasteiger partial charge in [0, 0.05) is 20.2 Å². The first kappa shape index (κ1) is 14.9. The molecule has 0 atom stereocenters. The maximum atomic E-state index is 9.20. The van der Waals surface area contributed by atoms with E-state index < -0.39 is 0 Å². The molecule has 1 aromatic carbocycles. The van der Waals surface area contributed by atoms with E-state index in [4.69, 9.17) is 17.8 Å². The van der Waals surface area contributed by atoms with E-state index >= 15 is 0 Å². The molecule has 0 aliphatic rings. The lowest BCUT2D eigenvalue weighted by atomic mass is 9.91. The quantitative estimate of drug-likeness (QED) is 0.849. The number of hydrogen-bond donors (Lipinski definition) is 1. The molecule has 5 nitrogen and oxygen atoms in total. The average molecular weight is 279 g/mol. The Hall–Kier alpha value is -2.52. The molecule has 0 saturated carbocycles. The zero-order valence-electron chi connectivity index (χ0n) is 11.9. The van der Waals surface area contributed by atoms with Crippen molar-refractivity contribution in [3.8, 4) is 17.7 Å². The fourth-order valence-electron chi connectivity index (χ4n) is 1.82. The molecule has 6 heteroatoms. The zero-order valence-corrected chi connectivity index (χ0v) is 11.9. The molecule has 1 aromatic heterocycles. The van der Waals surface area contributed by atoms with E-state index in [1.807, 2.05) is 0 Å². The summed E-state index contributed by atoms with van der Waals surface area (Å²) in [7, 11) is 9.33. The number of aliphatic hydroxyl groups excluding tert-OH is 1. The van der Waals surface area contributed by atoms with Crippen LogP contribution in [0.2, 0.25) is 0 Å². The molecule has 0 spiro atoms. The summed E-state index contributed by atoms with van der Waals surface area (Å²) in [4.78, 5) is 6.05. The van der Waals surface area contributed by atoms with Crippen molar-refractivity contribution in [3.63, 3.8) is 0 Å². The van der Waals surface area contributed by atoms with E-state index in [-0.39, 0.29) is 6.61 Å². The summed E-state index contributed by atoms with van der Waals surface area (Å²) in [6.45, 7) is -0.160. The summed E-state index contributed by atoms with van der Waals surface area (Å²) in [5.41, 5.74) is 1.57. The van der Waals surface area contributed by atoms with Gasteiger partial charge in [0.15, 0.2) is 0 Å². The van der Waals surface area contributed by atoms with Crippen LogP contribution in [-0.4, -0.2) is 32.0 Å². The van der Waals surface area contributed by atoms with Gasteiger partial charge in [-0.15, -0.1) is 0 Å². The fourth-order valence-corrected chi connectivity index (χ4v) is 1.82. The van der Waals surface area contributed by atoms with Crippen LogP contribution < -0.4 is 15.1 Å². The van der Waals surface area contributed by atoms with Crippen LogP contribution in [0.1, 0.15) is 11.1 Å². The smallest absolute Gasteiger partial charge is 0.221 e. The van der Waals surface area contributed by atoms with Crippen molar-refractivity contribution >= 4 is 19.1 Å². The van der Waals surface area contributed by atoms with Crippen LogP contribution in [0.3, 0.4) is 0 Å². The van der Waals surface area contributed by atoms with E-state index in [9.17, 15) is 5.11 Å². The maximum Gasteiger partial charge on any atom is 0.221 e. The molecule has 0 bridgehead atoms. The van der Waals surface area contributed by atoms with Gasteiger partial charge in [0.25, 0.3) is 0 Å². The molecular weight excluding hydrogens is 265 g/mol. The van der Waals surface area contributed by atoms with E-state index in [2.05, 4.69) is 11.1 Å². The van der Waals surface area contributed by atoms with Crippen LogP contribution in [-0.2, 0) is 6.61 Å². The summed E-state index contributed by atoms with van der Waals surface area (Å²) >= 11 is 0. The zero-order chi connectivity index (χ0) is 15.4. The topological polar surface area (TPSA) is 69.4 Å². The largest absolute Gasteiger partial charge is 0.439 e. The van der Waals surface area contributed by atoms with Crippen molar-refractivity contribution in [1.29, 1.82) is 5.26 Å². The monoisotopic (exact) mass is 279 g/mol. The van der Waals surface area contributed by atoms with Crippen molar-refractivity contribution in [2.75, 3.05) is 19.0 Å². The highest BCUT2D eigenvalue weighted by molar-refractivity contribution is 6.33. The predicted molar refractivity (Wildman–Crippen MR) is 81.1 cm³/mol. The molecule has 0 amide bonds. The summed E-state index contributed by atoms with van der Waals surface area (Å²) in [6, 6.07) is 10.4. The summed E-state index contributed by atoms with van der Waals surface area (Å²) in [5, 5.41) is 18.2. The Kier molecular flexibility index (Phi) is 4.46. The van der Waals surface area contributed by atoms with Gasteiger partial charge in [-0.1, -0.05) is 11.5 Å². The molecule has 1 heterocycles. The molecule has 0 unspecified atom stereocenters.